The van der Waals surface area contributed by atoms with Crippen LogP contribution >= 0.6 is 0 Å². The van der Waals surface area contributed by atoms with Gasteiger partial charge in [-0.2, -0.15) is 5.10 Å². The van der Waals surface area contributed by atoms with Crippen molar-refractivity contribution >= 4 is 27.6 Å². The van der Waals surface area contributed by atoms with Crippen LogP contribution in [0.3, 0.4) is 0 Å². The van der Waals surface area contributed by atoms with Gasteiger partial charge in [0, 0.05) is 29.8 Å². The molecule has 0 aliphatic rings. The number of sulfonamides is 1. The van der Waals surface area contributed by atoms with Gasteiger partial charge in [-0.15, -0.1) is 0 Å². The summed E-state index contributed by atoms with van der Waals surface area (Å²) in [7, 11) is -3.85. The molecule has 0 unspecified atom stereocenters. The molecular formula is C18H20N6O3S. The summed E-state index contributed by atoms with van der Waals surface area (Å²) in [6.07, 6.45) is 1.71. The van der Waals surface area contributed by atoms with Crippen molar-refractivity contribution in [2.75, 3.05) is 10.0 Å². The zero-order valence-corrected chi connectivity index (χ0v) is 16.5. The van der Waals surface area contributed by atoms with Crippen LogP contribution in [0, 0.1) is 13.8 Å². The van der Waals surface area contributed by atoms with E-state index in [2.05, 4.69) is 25.1 Å². The van der Waals surface area contributed by atoms with E-state index in [-0.39, 0.29) is 22.4 Å². The number of carbonyl (C=O) groups excluding carboxylic acids is 1. The monoisotopic (exact) mass is 400 g/mol. The molecular weight excluding hydrogens is 380 g/mol. The lowest BCUT2D eigenvalue weighted by molar-refractivity contribution is 0.102. The van der Waals surface area contributed by atoms with Crippen LogP contribution in [0.15, 0.2) is 47.5 Å². The number of hydrogen-bond acceptors (Lipinski definition) is 6. The molecule has 0 spiro atoms. The zero-order chi connectivity index (χ0) is 20.3. The van der Waals surface area contributed by atoms with Gasteiger partial charge in [0.05, 0.1) is 4.90 Å². The minimum Gasteiger partial charge on any atom is -0.321 e. The van der Waals surface area contributed by atoms with E-state index >= 15 is 0 Å². The summed E-state index contributed by atoms with van der Waals surface area (Å²) in [5, 5.41) is 6.81. The Morgan fingerprint density at radius 2 is 1.71 bits per heavy atom. The second-order valence-electron chi connectivity index (χ2n) is 6.11. The van der Waals surface area contributed by atoms with Gasteiger partial charge in [0.1, 0.15) is 0 Å². The third kappa shape index (κ3) is 4.52. The van der Waals surface area contributed by atoms with Crippen molar-refractivity contribution in [3.63, 3.8) is 0 Å². The fraction of sp³-hybridized carbons (Fsp3) is 0.222. The highest BCUT2D eigenvalue weighted by Gasteiger charge is 2.17. The van der Waals surface area contributed by atoms with Gasteiger partial charge >= 0.3 is 0 Å². The number of benzene rings is 1. The van der Waals surface area contributed by atoms with Crippen molar-refractivity contribution in [2.45, 2.75) is 32.2 Å². The summed E-state index contributed by atoms with van der Waals surface area (Å²) < 4.78 is 29.1. The van der Waals surface area contributed by atoms with E-state index in [1.165, 1.54) is 24.3 Å². The molecule has 0 aliphatic carbocycles. The third-order valence-electron chi connectivity index (χ3n) is 3.83. The van der Waals surface area contributed by atoms with Gasteiger partial charge in [0.2, 0.25) is 5.95 Å². The number of aryl methyl sites for hydroxylation is 3. The molecule has 2 aromatic heterocycles. The smallest absolute Gasteiger partial charge is 0.276 e. The Hall–Kier alpha value is -3.27. The molecule has 1 aromatic carbocycles. The first-order valence-electron chi connectivity index (χ1n) is 8.57. The Morgan fingerprint density at radius 3 is 2.29 bits per heavy atom. The highest BCUT2D eigenvalue weighted by atomic mass is 32.2. The molecule has 2 N–H and O–H groups in total. The summed E-state index contributed by atoms with van der Waals surface area (Å²) in [6, 6.07) is 9.16. The number of rotatable bonds is 6. The summed E-state index contributed by atoms with van der Waals surface area (Å²) in [5.74, 6) is -0.356. The first-order chi connectivity index (χ1) is 13.3. The normalized spacial score (nSPS) is 11.2. The number of carbonyl (C=O) groups is 1. The fourth-order valence-electron chi connectivity index (χ4n) is 2.52. The Labute approximate surface area is 162 Å². The van der Waals surface area contributed by atoms with Crippen molar-refractivity contribution in [3.8, 4) is 0 Å². The van der Waals surface area contributed by atoms with Crippen molar-refractivity contribution in [3.05, 3.63) is 59.7 Å². The molecule has 1 amide bonds. The fourth-order valence-corrected chi connectivity index (χ4v) is 3.47. The van der Waals surface area contributed by atoms with Crippen molar-refractivity contribution in [1.82, 2.24) is 19.7 Å². The highest BCUT2D eigenvalue weighted by molar-refractivity contribution is 7.92. The lowest BCUT2D eigenvalue weighted by atomic mass is 10.3. The Bertz CT molecular complexity index is 1090. The van der Waals surface area contributed by atoms with Gasteiger partial charge in [-0.25, -0.2) is 23.1 Å². The van der Waals surface area contributed by atoms with Crippen LogP contribution in [0.1, 0.15) is 28.8 Å². The molecule has 0 bridgehead atoms. The third-order valence-corrected chi connectivity index (χ3v) is 5.17. The molecule has 9 nitrogen and oxygen atoms in total. The number of amides is 1. The molecule has 146 valence electrons. The number of aromatic nitrogens is 4. The lowest BCUT2D eigenvalue weighted by Gasteiger charge is -2.09. The van der Waals surface area contributed by atoms with Crippen molar-refractivity contribution in [1.29, 1.82) is 0 Å². The van der Waals surface area contributed by atoms with Gasteiger partial charge in [0.25, 0.3) is 15.9 Å². The maximum absolute atomic E-state index is 12.5. The molecule has 0 aliphatic heterocycles. The molecule has 0 radical (unpaired) electrons. The second kappa shape index (κ2) is 7.77. The van der Waals surface area contributed by atoms with Crippen LogP contribution in [0.2, 0.25) is 0 Å². The van der Waals surface area contributed by atoms with Gasteiger partial charge in [0.15, 0.2) is 5.69 Å². The van der Waals surface area contributed by atoms with Crippen LogP contribution < -0.4 is 10.0 Å². The number of nitrogens with one attached hydrogen (secondary N) is 2. The minimum absolute atomic E-state index is 0.0152. The maximum Gasteiger partial charge on any atom is 0.276 e. The second-order valence-corrected chi connectivity index (χ2v) is 7.80. The number of nitrogens with zero attached hydrogens (tertiary/aromatic N) is 4. The van der Waals surface area contributed by atoms with Gasteiger partial charge in [-0.05, 0) is 57.2 Å². The molecule has 3 aromatic rings. The van der Waals surface area contributed by atoms with Crippen LogP contribution in [-0.2, 0) is 16.6 Å². The summed E-state index contributed by atoms with van der Waals surface area (Å²) in [6.45, 7) is 6.10. The molecule has 0 saturated heterocycles. The van der Waals surface area contributed by atoms with E-state index in [4.69, 9.17) is 0 Å². The first kappa shape index (κ1) is 19.5. The molecule has 0 atom stereocenters. The molecule has 10 heteroatoms. The average Bonchev–Trinajstić information content (AvgIpc) is 3.10. The minimum atomic E-state index is -3.85. The van der Waals surface area contributed by atoms with E-state index < -0.39 is 10.0 Å². The van der Waals surface area contributed by atoms with E-state index in [0.29, 0.717) is 23.6 Å². The molecule has 2 heterocycles. The van der Waals surface area contributed by atoms with Gasteiger partial charge in [-0.3, -0.25) is 9.48 Å². The average molecular weight is 400 g/mol. The molecule has 0 fully saturated rings. The quantitative estimate of drug-likeness (QED) is 0.656. The van der Waals surface area contributed by atoms with Crippen LogP contribution in [0.5, 0.6) is 0 Å². The zero-order valence-electron chi connectivity index (χ0n) is 15.7. The highest BCUT2D eigenvalue weighted by Crippen LogP contribution is 2.17. The van der Waals surface area contributed by atoms with E-state index in [9.17, 15) is 13.2 Å². The van der Waals surface area contributed by atoms with E-state index in [1.54, 1.807) is 36.9 Å². The van der Waals surface area contributed by atoms with Gasteiger partial charge in [-0.1, -0.05) is 0 Å². The lowest BCUT2D eigenvalue weighted by Crippen LogP contribution is -2.16. The van der Waals surface area contributed by atoms with Crippen molar-refractivity contribution in [2.24, 2.45) is 0 Å². The van der Waals surface area contributed by atoms with Crippen LogP contribution in [0.4, 0.5) is 11.6 Å². The standard InChI is InChI=1S/C18H20N6O3S/c1-4-24-10-9-16(22-24)17(25)21-14-5-7-15(8-6-14)28(26,27)23-18-19-12(2)11-13(3)20-18/h5-11H,4H2,1-3H3,(H,21,25)(H,19,20,23). The van der Waals surface area contributed by atoms with Crippen LogP contribution in [-0.4, -0.2) is 34.1 Å². The van der Waals surface area contributed by atoms with Crippen molar-refractivity contribution < 1.29 is 13.2 Å². The molecule has 3 rings (SSSR count). The van der Waals surface area contributed by atoms with E-state index in [1.807, 2.05) is 6.92 Å². The molecule has 0 saturated carbocycles. The predicted octanol–water partition coefficient (Wildman–Crippen LogP) is 2.36. The largest absolute Gasteiger partial charge is 0.321 e. The van der Waals surface area contributed by atoms with Crippen LogP contribution in [0.25, 0.3) is 0 Å². The number of anilines is 2. The van der Waals surface area contributed by atoms with Gasteiger partial charge < -0.3 is 5.32 Å². The summed E-state index contributed by atoms with van der Waals surface area (Å²) >= 11 is 0. The first-order valence-corrected chi connectivity index (χ1v) is 10.0. The Morgan fingerprint density at radius 1 is 1.07 bits per heavy atom. The SMILES string of the molecule is CCn1ccc(C(=O)Nc2ccc(S(=O)(=O)Nc3nc(C)cc(C)n3)cc2)n1. The predicted molar refractivity (Wildman–Crippen MR) is 105 cm³/mol. The summed E-state index contributed by atoms with van der Waals surface area (Å²) in [5.41, 5.74) is 2.06. The van der Waals surface area contributed by atoms with E-state index in [0.717, 1.165) is 0 Å². The Balaban J connectivity index is 1.73. The summed E-state index contributed by atoms with van der Waals surface area (Å²) in [4.78, 5) is 20.4. The topological polar surface area (TPSA) is 119 Å². The molecule has 28 heavy (non-hydrogen) atoms. The maximum atomic E-state index is 12.5. The Kier molecular flexibility index (Phi) is 5.41. The number of hydrogen-bond donors (Lipinski definition) is 2.